The van der Waals surface area contributed by atoms with E-state index in [2.05, 4.69) is 10.9 Å². The van der Waals surface area contributed by atoms with Gasteiger partial charge in [-0.2, -0.15) is 0 Å². The van der Waals surface area contributed by atoms with Crippen molar-refractivity contribution >= 4 is 23.6 Å². The van der Waals surface area contributed by atoms with Crippen LogP contribution in [0.5, 0.6) is 5.75 Å². The van der Waals surface area contributed by atoms with E-state index in [0.717, 1.165) is 11.1 Å². The maximum absolute atomic E-state index is 12.3. The number of ether oxygens (including phenoxy) is 1. The number of amides is 4. The number of fused-ring (bicyclic) bond motifs is 1. The van der Waals surface area contributed by atoms with E-state index in [4.69, 9.17) is 4.74 Å². The number of hydrazine groups is 1. The number of aryl methyl sites for hydroxylation is 2. The maximum atomic E-state index is 12.3. The minimum atomic E-state index is -0.455. The summed E-state index contributed by atoms with van der Waals surface area (Å²) in [5.41, 5.74) is 7.65. The van der Waals surface area contributed by atoms with Crippen LogP contribution in [0.1, 0.15) is 57.5 Å². The lowest BCUT2D eigenvalue weighted by Crippen LogP contribution is -2.43. The Labute approximate surface area is 186 Å². The first kappa shape index (κ1) is 23.0. The number of nitrogens with one attached hydrogen (secondary N) is 2. The molecule has 0 spiro atoms. The highest BCUT2D eigenvalue weighted by atomic mass is 16.5. The van der Waals surface area contributed by atoms with Crippen LogP contribution in [0.3, 0.4) is 0 Å². The summed E-state index contributed by atoms with van der Waals surface area (Å²) in [6.07, 6.45) is 2.07. The lowest BCUT2D eigenvalue weighted by molar-refractivity contribution is -0.130. The Morgan fingerprint density at radius 1 is 0.844 bits per heavy atom. The number of carbonyl (C=O) groups is 4. The molecule has 168 valence electrons. The van der Waals surface area contributed by atoms with Crippen molar-refractivity contribution in [1.29, 1.82) is 0 Å². The van der Waals surface area contributed by atoms with Crippen LogP contribution < -0.4 is 15.6 Å². The van der Waals surface area contributed by atoms with Crippen LogP contribution in [0.25, 0.3) is 0 Å². The van der Waals surface area contributed by atoms with Crippen LogP contribution in [-0.2, 0) is 9.59 Å². The molecule has 2 N–H and O–H groups in total. The number of rotatable bonds is 9. The smallest absolute Gasteiger partial charge is 0.276 e. The molecule has 2 aromatic rings. The molecule has 8 heteroatoms. The lowest BCUT2D eigenvalue weighted by Gasteiger charge is -2.13. The molecule has 32 heavy (non-hydrogen) atoms. The van der Waals surface area contributed by atoms with E-state index in [1.54, 1.807) is 24.3 Å². The van der Waals surface area contributed by atoms with Crippen molar-refractivity contribution in [3.63, 3.8) is 0 Å². The van der Waals surface area contributed by atoms with Crippen molar-refractivity contribution in [3.05, 3.63) is 64.7 Å². The van der Waals surface area contributed by atoms with E-state index in [-0.39, 0.29) is 30.7 Å². The molecule has 2 aromatic carbocycles. The van der Waals surface area contributed by atoms with Gasteiger partial charge in [-0.1, -0.05) is 24.6 Å². The van der Waals surface area contributed by atoms with Gasteiger partial charge in [0.05, 0.1) is 11.1 Å². The van der Waals surface area contributed by atoms with Crippen molar-refractivity contribution in [2.75, 3.05) is 13.2 Å². The fourth-order valence-electron chi connectivity index (χ4n) is 3.58. The van der Waals surface area contributed by atoms with Gasteiger partial charge in [0.1, 0.15) is 5.75 Å². The Bertz CT molecular complexity index is 979. The number of imide groups is 1. The third kappa shape index (κ3) is 5.94. The van der Waals surface area contributed by atoms with Crippen LogP contribution >= 0.6 is 0 Å². The highest BCUT2D eigenvalue weighted by Gasteiger charge is 2.34. The Morgan fingerprint density at radius 3 is 2.06 bits per heavy atom. The molecule has 0 fully saturated rings. The third-order valence-corrected chi connectivity index (χ3v) is 5.07. The van der Waals surface area contributed by atoms with Gasteiger partial charge in [-0.15, -0.1) is 0 Å². The highest BCUT2D eigenvalue weighted by molar-refractivity contribution is 6.21. The number of hydrogen-bond acceptors (Lipinski definition) is 5. The summed E-state index contributed by atoms with van der Waals surface area (Å²) in [6.45, 7) is 4.00. The highest BCUT2D eigenvalue weighted by Crippen LogP contribution is 2.22. The number of hydrogen-bond donors (Lipinski definition) is 2. The molecular weight excluding hydrogens is 410 g/mol. The monoisotopic (exact) mass is 437 g/mol. The Morgan fingerprint density at radius 2 is 1.44 bits per heavy atom. The van der Waals surface area contributed by atoms with Gasteiger partial charge >= 0.3 is 0 Å². The molecule has 0 aliphatic carbocycles. The summed E-state index contributed by atoms with van der Waals surface area (Å²) >= 11 is 0. The van der Waals surface area contributed by atoms with E-state index in [1.165, 1.54) is 4.90 Å². The molecule has 8 nitrogen and oxygen atoms in total. The SMILES string of the molecule is Cc1cc(C)cc(OCC(=O)NNC(=O)CCCCCN2C(=O)c3ccccc3C2=O)c1. The van der Waals surface area contributed by atoms with E-state index in [9.17, 15) is 19.2 Å². The first-order valence-corrected chi connectivity index (χ1v) is 10.6. The Kier molecular flexibility index (Phi) is 7.59. The number of carbonyl (C=O) groups excluding carboxylic acids is 4. The molecule has 0 atom stereocenters. The summed E-state index contributed by atoms with van der Waals surface area (Å²) in [6, 6.07) is 12.5. The first-order valence-electron chi connectivity index (χ1n) is 10.6. The second kappa shape index (κ2) is 10.6. The Hall–Kier alpha value is -3.68. The van der Waals surface area contributed by atoms with Crippen LogP contribution in [-0.4, -0.2) is 41.7 Å². The molecule has 4 amide bonds. The van der Waals surface area contributed by atoms with Gasteiger partial charge in [-0.05, 0) is 62.1 Å². The fraction of sp³-hybridized carbons (Fsp3) is 0.333. The van der Waals surface area contributed by atoms with E-state index >= 15 is 0 Å². The van der Waals surface area contributed by atoms with Gasteiger partial charge in [-0.25, -0.2) is 0 Å². The largest absolute Gasteiger partial charge is 0.484 e. The third-order valence-electron chi connectivity index (χ3n) is 5.07. The van der Waals surface area contributed by atoms with Crippen molar-refractivity contribution in [1.82, 2.24) is 15.8 Å². The fourth-order valence-corrected chi connectivity index (χ4v) is 3.58. The predicted molar refractivity (Wildman–Crippen MR) is 118 cm³/mol. The molecule has 0 radical (unpaired) electrons. The van der Waals surface area contributed by atoms with Gasteiger partial charge in [-0.3, -0.25) is 34.9 Å². The van der Waals surface area contributed by atoms with Gasteiger partial charge in [0.15, 0.2) is 6.61 Å². The minimum absolute atomic E-state index is 0.205. The lowest BCUT2D eigenvalue weighted by atomic mass is 10.1. The zero-order valence-electron chi connectivity index (χ0n) is 18.3. The quantitative estimate of drug-likeness (QED) is 0.357. The zero-order chi connectivity index (χ0) is 23.1. The summed E-state index contributed by atoms with van der Waals surface area (Å²) < 4.78 is 5.44. The van der Waals surface area contributed by atoms with E-state index < -0.39 is 5.91 Å². The number of nitrogens with zero attached hydrogens (tertiary/aromatic N) is 1. The molecule has 0 bridgehead atoms. The maximum Gasteiger partial charge on any atom is 0.276 e. The normalized spacial score (nSPS) is 12.5. The van der Waals surface area contributed by atoms with Gasteiger partial charge in [0, 0.05) is 13.0 Å². The standard InChI is InChI=1S/C24H27N3O5/c1-16-12-17(2)14-18(13-16)32-15-22(29)26-25-21(28)10-4-3-7-11-27-23(30)19-8-5-6-9-20(19)24(27)31/h5-6,8-9,12-14H,3-4,7,10-11,15H2,1-2H3,(H,25,28)(H,26,29). The second-order valence-electron chi connectivity index (χ2n) is 7.83. The summed E-state index contributed by atoms with van der Waals surface area (Å²) in [5.74, 6) is -0.709. The molecule has 3 rings (SSSR count). The van der Waals surface area contributed by atoms with Crippen molar-refractivity contribution in [2.45, 2.75) is 39.5 Å². The van der Waals surface area contributed by atoms with Crippen LogP contribution in [0.2, 0.25) is 0 Å². The minimum Gasteiger partial charge on any atom is -0.484 e. The van der Waals surface area contributed by atoms with Crippen molar-refractivity contribution in [2.24, 2.45) is 0 Å². The topological polar surface area (TPSA) is 105 Å². The van der Waals surface area contributed by atoms with Gasteiger partial charge < -0.3 is 4.74 Å². The number of benzene rings is 2. The zero-order valence-corrected chi connectivity index (χ0v) is 18.3. The average Bonchev–Trinajstić information content (AvgIpc) is 3.00. The summed E-state index contributed by atoms with van der Waals surface area (Å²) in [7, 11) is 0. The van der Waals surface area contributed by atoms with Gasteiger partial charge in [0.2, 0.25) is 5.91 Å². The second-order valence-corrected chi connectivity index (χ2v) is 7.83. The summed E-state index contributed by atoms with van der Waals surface area (Å²) in [5, 5.41) is 0. The summed E-state index contributed by atoms with van der Waals surface area (Å²) in [4.78, 5) is 49.6. The number of unbranched alkanes of at least 4 members (excludes halogenated alkanes) is 2. The molecule has 0 unspecified atom stereocenters. The molecular formula is C24H27N3O5. The molecule has 0 saturated carbocycles. The molecule has 1 heterocycles. The molecule has 1 aliphatic rings. The van der Waals surface area contributed by atoms with Gasteiger partial charge in [0.25, 0.3) is 17.7 Å². The van der Waals surface area contributed by atoms with Crippen molar-refractivity contribution < 1.29 is 23.9 Å². The predicted octanol–water partition coefficient (Wildman–Crippen LogP) is 2.69. The van der Waals surface area contributed by atoms with Crippen LogP contribution in [0.15, 0.2) is 42.5 Å². The van der Waals surface area contributed by atoms with Crippen LogP contribution in [0, 0.1) is 13.8 Å². The molecule has 0 aromatic heterocycles. The average molecular weight is 437 g/mol. The Balaban J connectivity index is 1.28. The van der Waals surface area contributed by atoms with E-state index in [0.29, 0.717) is 42.7 Å². The van der Waals surface area contributed by atoms with Crippen LogP contribution in [0.4, 0.5) is 0 Å². The molecule has 1 aliphatic heterocycles. The van der Waals surface area contributed by atoms with E-state index in [1.807, 2.05) is 32.0 Å². The first-order chi connectivity index (χ1) is 15.3. The molecule has 0 saturated heterocycles. The van der Waals surface area contributed by atoms with Crippen molar-refractivity contribution in [3.8, 4) is 5.75 Å².